The van der Waals surface area contributed by atoms with Gasteiger partial charge in [0, 0.05) is 17.1 Å². The summed E-state index contributed by atoms with van der Waals surface area (Å²) >= 11 is 0. The number of rotatable bonds is 4. The Labute approximate surface area is 162 Å². The lowest BCUT2D eigenvalue weighted by molar-refractivity contribution is 0.997. The second-order valence-corrected chi connectivity index (χ2v) is 7.04. The molecule has 4 rings (SSSR count). The molecule has 1 heteroatoms. The number of allylic oxidation sites excluding steroid dienone is 9. The predicted molar refractivity (Wildman–Crippen MR) is 117 cm³/mol. The summed E-state index contributed by atoms with van der Waals surface area (Å²) in [7, 11) is 0. The molecule has 0 atom stereocenters. The summed E-state index contributed by atoms with van der Waals surface area (Å²) in [6, 6.07) is 19.6. The number of benzene rings is 2. The average molecular weight is 351 g/mol. The standard InChI is InChI=1S/C26H25N/c1-21-9-8-10-22(16-15-21)23-17-19-26(20-18-23)27(24-11-4-2-5-12-24)25-13-6-3-7-14-25/h2,4-6,8-9,11-20H,3,7,10H2,1H3. The molecule has 0 radical (unpaired) electrons. The van der Waals surface area contributed by atoms with Gasteiger partial charge in [0.05, 0.1) is 0 Å². The zero-order valence-corrected chi connectivity index (χ0v) is 15.8. The maximum Gasteiger partial charge on any atom is 0.0461 e. The van der Waals surface area contributed by atoms with E-state index in [2.05, 4.69) is 109 Å². The third-order valence-electron chi connectivity index (χ3n) is 5.01. The fourth-order valence-electron chi connectivity index (χ4n) is 3.56. The van der Waals surface area contributed by atoms with Gasteiger partial charge < -0.3 is 4.90 Å². The number of nitrogens with zero attached hydrogens (tertiary/aromatic N) is 1. The highest BCUT2D eigenvalue weighted by Crippen LogP contribution is 2.33. The van der Waals surface area contributed by atoms with Gasteiger partial charge in [-0.3, -0.25) is 0 Å². The third-order valence-corrected chi connectivity index (χ3v) is 5.01. The number of hydrogen-bond acceptors (Lipinski definition) is 1. The van der Waals surface area contributed by atoms with Crippen molar-refractivity contribution in [3.8, 4) is 0 Å². The molecule has 134 valence electrons. The Hall–Kier alpha value is -3.06. The lowest BCUT2D eigenvalue weighted by Gasteiger charge is -2.27. The van der Waals surface area contributed by atoms with Crippen molar-refractivity contribution >= 4 is 16.9 Å². The Kier molecular flexibility index (Phi) is 5.20. The molecule has 0 N–H and O–H groups in total. The Bertz CT molecular complexity index is 937. The van der Waals surface area contributed by atoms with Crippen LogP contribution in [0.4, 0.5) is 11.4 Å². The molecule has 0 saturated heterocycles. The molecule has 0 fully saturated rings. The van der Waals surface area contributed by atoms with E-state index >= 15 is 0 Å². The van der Waals surface area contributed by atoms with E-state index in [0.29, 0.717) is 0 Å². The van der Waals surface area contributed by atoms with Gasteiger partial charge in [0.1, 0.15) is 0 Å². The second-order valence-electron chi connectivity index (χ2n) is 7.04. The molecule has 0 unspecified atom stereocenters. The van der Waals surface area contributed by atoms with Gasteiger partial charge >= 0.3 is 0 Å². The summed E-state index contributed by atoms with van der Waals surface area (Å²) in [6.45, 7) is 2.14. The first kappa shape index (κ1) is 17.4. The van der Waals surface area contributed by atoms with Crippen LogP contribution in [0.1, 0.15) is 31.7 Å². The quantitative estimate of drug-likeness (QED) is 0.556. The van der Waals surface area contributed by atoms with Crippen molar-refractivity contribution < 1.29 is 0 Å². The summed E-state index contributed by atoms with van der Waals surface area (Å²) in [6.07, 6.45) is 18.9. The molecule has 2 aromatic carbocycles. The van der Waals surface area contributed by atoms with Crippen LogP contribution in [-0.4, -0.2) is 0 Å². The van der Waals surface area contributed by atoms with Crippen LogP contribution in [-0.2, 0) is 0 Å². The van der Waals surface area contributed by atoms with Crippen LogP contribution < -0.4 is 4.90 Å². The zero-order valence-electron chi connectivity index (χ0n) is 15.8. The molecule has 2 aromatic rings. The highest BCUT2D eigenvalue weighted by atomic mass is 15.1. The lowest BCUT2D eigenvalue weighted by Crippen LogP contribution is -2.16. The Morgan fingerprint density at radius 3 is 2.26 bits per heavy atom. The summed E-state index contributed by atoms with van der Waals surface area (Å²) in [5, 5.41) is 0. The van der Waals surface area contributed by atoms with E-state index < -0.39 is 0 Å². The molecule has 0 aromatic heterocycles. The van der Waals surface area contributed by atoms with Crippen molar-refractivity contribution in [2.24, 2.45) is 0 Å². The summed E-state index contributed by atoms with van der Waals surface area (Å²) in [4.78, 5) is 2.34. The highest BCUT2D eigenvalue weighted by molar-refractivity contribution is 5.74. The van der Waals surface area contributed by atoms with Crippen molar-refractivity contribution in [1.82, 2.24) is 0 Å². The Balaban J connectivity index is 1.68. The molecule has 0 aliphatic heterocycles. The van der Waals surface area contributed by atoms with Gasteiger partial charge in [0.2, 0.25) is 0 Å². The molecule has 0 bridgehead atoms. The van der Waals surface area contributed by atoms with E-state index in [9.17, 15) is 0 Å². The lowest BCUT2D eigenvalue weighted by atomic mass is 10.0. The monoisotopic (exact) mass is 351 g/mol. The zero-order chi connectivity index (χ0) is 18.5. The largest absolute Gasteiger partial charge is 0.311 e. The minimum absolute atomic E-state index is 0.976. The first-order valence-electron chi connectivity index (χ1n) is 9.67. The average Bonchev–Trinajstić information content (AvgIpc) is 2.95. The highest BCUT2D eigenvalue weighted by Gasteiger charge is 2.14. The van der Waals surface area contributed by atoms with Crippen LogP contribution >= 0.6 is 0 Å². The Morgan fingerprint density at radius 1 is 0.741 bits per heavy atom. The number of anilines is 2. The van der Waals surface area contributed by atoms with E-state index in [1.807, 2.05) is 0 Å². The summed E-state index contributed by atoms with van der Waals surface area (Å²) in [5.41, 5.74) is 7.58. The van der Waals surface area contributed by atoms with Gasteiger partial charge in [-0.05, 0) is 67.7 Å². The van der Waals surface area contributed by atoms with Gasteiger partial charge in [0.25, 0.3) is 0 Å². The topological polar surface area (TPSA) is 3.24 Å². The van der Waals surface area contributed by atoms with Crippen LogP contribution in [0.5, 0.6) is 0 Å². The van der Waals surface area contributed by atoms with Crippen molar-refractivity contribution in [3.63, 3.8) is 0 Å². The molecule has 0 saturated carbocycles. The van der Waals surface area contributed by atoms with Crippen LogP contribution in [0.15, 0.2) is 108 Å². The van der Waals surface area contributed by atoms with Gasteiger partial charge in [-0.15, -0.1) is 0 Å². The molecule has 27 heavy (non-hydrogen) atoms. The first-order chi connectivity index (χ1) is 13.3. The van der Waals surface area contributed by atoms with Crippen molar-refractivity contribution in [1.29, 1.82) is 0 Å². The van der Waals surface area contributed by atoms with Gasteiger partial charge in [-0.2, -0.15) is 0 Å². The second kappa shape index (κ2) is 8.09. The molecule has 0 heterocycles. The van der Waals surface area contributed by atoms with Gasteiger partial charge in [-0.25, -0.2) is 0 Å². The fraction of sp³-hybridized carbons (Fsp3) is 0.154. The number of para-hydroxylation sites is 1. The molecule has 2 aliphatic rings. The molecule has 1 nitrogen and oxygen atoms in total. The van der Waals surface area contributed by atoms with Crippen molar-refractivity contribution in [3.05, 3.63) is 114 Å². The summed E-state index contributed by atoms with van der Waals surface area (Å²) < 4.78 is 0. The van der Waals surface area contributed by atoms with Crippen molar-refractivity contribution in [2.75, 3.05) is 4.90 Å². The van der Waals surface area contributed by atoms with Crippen molar-refractivity contribution in [2.45, 2.75) is 26.2 Å². The predicted octanol–water partition coefficient (Wildman–Crippen LogP) is 7.35. The smallest absolute Gasteiger partial charge is 0.0461 e. The van der Waals surface area contributed by atoms with E-state index in [-0.39, 0.29) is 0 Å². The molecular weight excluding hydrogens is 326 g/mol. The fourth-order valence-corrected chi connectivity index (χ4v) is 3.56. The van der Waals surface area contributed by atoms with Crippen LogP contribution in [0.25, 0.3) is 5.57 Å². The van der Waals surface area contributed by atoms with Crippen LogP contribution in [0.3, 0.4) is 0 Å². The van der Waals surface area contributed by atoms with Crippen LogP contribution in [0, 0.1) is 0 Å². The summed E-state index contributed by atoms with van der Waals surface area (Å²) in [5.74, 6) is 0. The Morgan fingerprint density at radius 2 is 1.52 bits per heavy atom. The first-order valence-corrected chi connectivity index (χ1v) is 9.67. The molecule has 2 aliphatic carbocycles. The van der Waals surface area contributed by atoms with E-state index in [4.69, 9.17) is 0 Å². The molecule has 0 spiro atoms. The third kappa shape index (κ3) is 4.03. The van der Waals surface area contributed by atoms with Gasteiger partial charge in [-0.1, -0.05) is 72.4 Å². The van der Waals surface area contributed by atoms with E-state index in [1.54, 1.807) is 0 Å². The SMILES string of the molecule is CC1=CC=C(c2ccc(N(C3=CCCC=C3)c3ccccc3)cc2)CC=C1. The van der Waals surface area contributed by atoms with E-state index in [1.165, 1.54) is 33.8 Å². The van der Waals surface area contributed by atoms with E-state index in [0.717, 1.165) is 19.3 Å². The maximum absolute atomic E-state index is 2.34. The van der Waals surface area contributed by atoms with Crippen LogP contribution in [0.2, 0.25) is 0 Å². The molecule has 0 amide bonds. The minimum atomic E-state index is 0.976. The minimum Gasteiger partial charge on any atom is -0.311 e. The van der Waals surface area contributed by atoms with Gasteiger partial charge in [0.15, 0.2) is 0 Å². The number of hydrogen-bond donors (Lipinski definition) is 0. The normalized spacial score (nSPS) is 16.3. The molecular formula is C26H25N. The maximum atomic E-state index is 2.34.